The number of anilines is 1. The Hall–Kier alpha value is -1.95. The average Bonchev–Trinajstić information content (AvgIpc) is 2.94. The summed E-state index contributed by atoms with van der Waals surface area (Å²) < 4.78 is 4.49. The normalized spacial score (nSPS) is 11.6. The van der Waals surface area contributed by atoms with E-state index in [2.05, 4.69) is 45.6 Å². The maximum absolute atomic E-state index is 12.1. The first-order chi connectivity index (χ1) is 11.7. The zero-order valence-electron chi connectivity index (χ0n) is 15.7. The van der Waals surface area contributed by atoms with E-state index in [-0.39, 0.29) is 17.5 Å². The molecule has 0 saturated heterocycles. The molecule has 25 heavy (non-hydrogen) atoms. The van der Waals surface area contributed by atoms with Crippen LogP contribution in [0.1, 0.15) is 52.4 Å². The lowest BCUT2D eigenvalue weighted by Gasteiger charge is -2.26. The Labute approximate surface area is 154 Å². The topological polar surface area (TPSA) is 58.1 Å². The third kappa shape index (κ3) is 6.46. The molecule has 0 bridgehead atoms. The predicted molar refractivity (Wildman–Crippen MR) is 104 cm³/mol. The monoisotopic (exact) mass is 360 g/mol. The minimum Gasteiger partial charge on any atom is -0.351 e. The lowest BCUT2D eigenvalue weighted by Crippen LogP contribution is -2.42. The SMILES string of the molecule is CC(C)N(CCC(=O)NC(C)(C)C)c1nc(Cc2ccccc2)ns1. The average molecular weight is 361 g/mol. The maximum atomic E-state index is 12.1. The van der Waals surface area contributed by atoms with Crippen LogP contribution in [-0.4, -0.2) is 33.4 Å². The Bertz CT molecular complexity index is 676. The van der Waals surface area contributed by atoms with E-state index in [1.165, 1.54) is 17.1 Å². The minimum atomic E-state index is -0.203. The van der Waals surface area contributed by atoms with Crippen molar-refractivity contribution in [1.29, 1.82) is 0 Å². The third-order valence-corrected chi connectivity index (χ3v) is 4.42. The summed E-state index contributed by atoms with van der Waals surface area (Å²) in [5.74, 6) is 0.892. The molecule has 0 atom stereocenters. The van der Waals surface area contributed by atoms with Gasteiger partial charge in [-0.1, -0.05) is 30.3 Å². The fourth-order valence-corrected chi connectivity index (χ4v) is 3.33. The molecule has 5 nitrogen and oxygen atoms in total. The molecule has 1 aromatic carbocycles. The highest BCUT2D eigenvalue weighted by Crippen LogP contribution is 2.21. The zero-order valence-corrected chi connectivity index (χ0v) is 16.6. The highest BCUT2D eigenvalue weighted by Gasteiger charge is 2.19. The molecule has 1 aromatic heterocycles. The number of benzene rings is 1. The summed E-state index contributed by atoms with van der Waals surface area (Å²) in [5.41, 5.74) is 0.998. The van der Waals surface area contributed by atoms with Gasteiger partial charge in [0.2, 0.25) is 11.0 Å². The van der Waals surface area contributed by atoms with Gasteiger partial charge in [0.1, 0.15) is 5.82 Å². The van der Waals surface area contributed by atoms with Gasteiger partial charge in [0.15, 0.2) is 0 Å². The Balaban J connectivity index is 1.99. The Morgan fingerprint density at radius 1 is 1.24 bits per heavy atom. The van der Waals surface area contributed by atoms with Crippen LogP contribution in [0.3, 0.4) is 0 Å². The van der Waals surface area contributed by atoms with Gasteiger partial charge in [0.05, 0.1) is 0 Å². The molecule has 0 aliphatic rings. The second kappa shape index (κ2) is 8.43. The van der Waals surface area contributed by atoms with Gasteiger partial charge in [-0.25, -0.2) is 4.98 Å². The van der Waals surface area contributed by atoms with Crippen LogP contribution >= 0.6 is 11.5 Å². The number of carbonyl (C=O) groups is 1. The molecule has 0 saturated carbocycles. The predicted octanol–water partition coefficient (Wildman–Crippen LogP) is 3.65. The van der Waals surface area contributed by atoms with E-state index >= 15 is 0 Å². The van der Waals surface area contributed by atoms with Gasteiger partial charge < -0.3 is 10.2 Å². The molecule has 1 heterocycles. The van der Waals surface area contributed by atoms with Gasteiger partial charge >= 0.3 is 0 Å². The summed E-state index contributed by atoms with van der Waals surface area (Å²) in [4.78, 5) is 18.9. The van der Waals surface area contributed by atoms with Crippen molar-refractivity contribution < 1.29 is 4.79 Å². The fraction of sp³-hybridized carbons (Fsp3) is 0.526. The quantitative estimate of drug-likeness (QED) is 0.819. The summed E-state index contributed by atoms with van der Waals surface area (Å²) in [6.45, 7) is 10.8. The van der Waals surface area contributed by atoms with Crippen LogP contribution in [-0.2, 0) is 11.2 Å². The molecule has 2 rings (SSSR count). The molecule has 136 valence electrons. The summed E-state index contributed by atoms with van der Waals surface area (Å²) in [6.07, 6.45) is 1.18. The molecule has 0 radical (unpaired) electrons. The number of hydrogen-bond donors (Lipinski definition) is 1. The lowest BCUT2D eigenvalue weighted by molar-refractivity contribution is -0.122. The maximum Gasteiger partial charge on any atom is 0.222 e. The Kier molecular flexibility index (Phi) is 6.53. The van der Waals surface area contributed by atoms with E-state index in [1.807, 2.05) is 39.0 Å². The van der Waals surface area contributed by atoms with Crippen LogP contribution in [0.15, 0.2) is 30.3 Å². The smallest absolute Gasteiger partial charge is 0.222 e. The number of amides is 1. The first kappa shape index (κ1) is 19.4. The van der Waals surface area contributed by atoms with Crippen LogP contribution in [0.4, 0.5) is 5.13 Å². The van der Waals surface area contributed by atoms with Crippen molar-refractivity contribution in [3.63, 3.8) is 0 Å². The molecule has 1 amide bonds. The largest absolute Gasteiger partial charge is 0.351 e. The van der Waals surface area contributed by atoms with E-state index in [1.54, 1.807) is 0 Å². The molecular formula is C19H28N4OS. The first-order valence-corrected chi connectivity index (χ1v) is 9.46. The molecule has 2 aromatic rings. The standard InChI is InChI=1S/C19H28N4OS/c1-14(2)23(12-11-17(24)21-19(3,4)5)18-20-16(22-25-18)13-15-9-7-6-8-10-15/h6-10,14H,11-13H2,1-5H3,(H,21,24). The van der Waals surface area contributed by atoms with Gasteiger partial charge in [0, 0.05) is 42.5 Å². The Morgan fingerprint density at radius 3 is 2.52 bits per heavy atom. The van der Waals surface area contributed by atoms with E-state index in [0.29, 0.717) is 13.0 Å². The van der Waals surface area contributed by atoms with Crippen LogP contribution in [0, 0.1) is 0 Å². The zero-order chi connectivity index (χ0) is 18.4. The summed E-state index contributed by atoms with van der Waals surface area (Å²) in [7, 11) is 0. The van der Waals surface area contributed by atoms with Crippen LogP contribution in [0.5, 0.6) is 0 Å². The second-order valence-electron chi connectivity index (χ2n) is 7.49. The number of nitrogens with one attached hydrogen (secondary N) is 1. The van der Waals surface area contributed by atoms with E-state index in [9.17, 15) is 4.79 Å². The number of aromatic nitrogens is 2. The summed E-state index contributed by atoms with van der Waals surface area (Å²) in [5, 5.41) is 3.88. The third-order valence-electron chi connectivity index (χ3n) is 3.63. The van der Waals surface area contributed by atoms with Crippen molar-refractivity contribution in [1.82, 2.24) is 14.7 Å². The molecule has 1 N–H and O–H groups in total. The number of rotatable bonds is 7. The molecule has 0 fully saturated rings. The number of hydrogen-bond acceptors (Lipinski definition) is 5. The minimum absolute atomic E-state index is 0.0622. The highest BCUT2D eigenvalue weighted by atomic mass is 32.1. The van der Waals surface area contributed by atoms with Crippen molar-refractivity contribution in [2.75, 3.05) is 11.4 Å². The van der Waals surface area contributed by atoms with Crippen molar-refractivity contribution in [2.45, 2.75) is 59.0 Å². The number of nitrogens with zero attached hydrogens (tertiary/aromatic N) is 3. The van der Waals surface area contributed by atoms with Crippen LogP contribution in [0.2, 0.25) is 0 Å². The van der Waals surface area contributed by atoms with E-state index < -0.39 is 0 Å². The van der Waals surface area contributed by atoms with Crippen molar-refractivity contribution in [3.8, 4) is 0 Å². The van der Waals surface area contributed by atoms with Crippen molar-refractivity contribution >= 4 is 22.6 Å². The second-order valence-corrected chi connectivity index (χ2v) is 8.22. The summed E-state index contributed by atoms with van der Waals surface area (Å²) >= 11 is 1.40. The van der Waals surface area contributed by atoms with Gasteiger partial charge in [-0.2, -0.15) is 4.37 Å². The van der Waals surface area contributed by atoms with Gasteiger partial charge in [-0.05, 0) is 40.2 Å². The first-order valence-electron chi connectivity index (χ1n) is 8.69. The van der Waals surface area contributed by atoms with Crippen molar-refractivity contribution in [3.05, 3.63) is 41.7 Å². The van der Waals surface area contributed by atoms with Gasteiger partial charge in [0.25, 0.3) is 0 Å². The van der Waals surface area contributed by atoms with Crippen molar-refractivity contribution in [2.24, 2.45) is 0 Å². The molecule has 0 spiro atoms. The van der Waals surface area contributed by atoms with Crippen LogP contribution < -0.4 is 10.2 Å². The molecule has 0 aliphatic carbocycles. The van der Waals surface area contributed by atoms with Gasteiger partial charge in [-0.3, -0.25) is 4.79 Å². The van der Waals surface area contributed by atoms with Gasteiger partial charge in [-0.15, -0.1) is 0 Å². The molecule has 0 aliphatic heterocycles. The summed E-state index contributed by atoms with van der Waals surface area (Å²) in [6, 6.07) is 10.5. The molecule has 0 unspecified atom stereocenters. The lowest BCUT2D eigenvalue weighted by atomic mass is 10.1. The molecule has 6 heteroatoms. The van der Waals surface area contributed by atoms with E-state index in [0.717, 1.165) is 17.4 Å². The molecular weight excluding hydrogens is 332 g/mol. The fourth-order valence-electron chi connectivity index (χ4n) is 2.49. The van der Waals surface area contributed by atoms with E-state index in [4.69, 9.17) is 0 Å². The Morgan fingerprint density at radius 2 is 1.92 bits per heavy atom. The number of carbonyl (C=O) groups excluding carboxylic acids is 1. The van der Waals surface area contributed by atoms with Crippen LogP contribution in [0.25, 0.3) is 0 Å². The highest BCUT2D eigenvalue weighted by molar-refractivity contribution is 7.09.